The van der Waals surface area contributed by atoms with Crippen LogP contribution in [0.3, 0.4) is 0 Å². The van der Waals surface area contributed by atoms with Gasteiger partial charge < -0.3 is 16.6 Å². The molecule has 1 heterocycles. The Kier molecular flexibility index (Phi) is 4.97. The number of amidine groups is 1. The number of hydrogen-bond acceptors (Lipinski definition) is 5. The summed E-state index contributed by atoms with van der Waals surface area (Å²) in [6.45, 7) is 1.65. The molecule has 5 N–H and O–H groups in total. The predicted octanol–water partition coefficient (Wildman–Crippen LogP) is 1.69. The molecule has 8 heteroatoms. The van der Waals surface area contributed by atoms with Crippen LogP contribution in [0.5, 0.6) is 0 Å². The SMILES string of the molecule is C/C(N)=C/C(N)=Nc1ccnc(C(O)c2ccc(F)c(F)c2)n1. The fourth-order valence-corrected chi connectivity index (χ4v) is 1.79. The summed E-state index contributed by atoms with van der Waals surface area (Å²) in [4.78, 5) is 12.0. The van der Waals surface area contributed by atoms with Gasteiger partial charge in [-0.15, -0.1) is 0 Å². The maximum absolute atomic E-state index is 13.2. The van der Waals surface area contributed by atoms with Gasteiger partial charge in [0.15, 0.2) is 23.3 Å². The van der Waals surface area contributed by atoms with Gasteiger partial charge in [0, 0.05) is 18.0 Å². The van der Waals surface area contributed by atoms with Crippen molar-refractivity contribution in [2.45, 2.75) is 13.0 Å². The molecule has 0 fully saturated rings. The van der Waals surface area contributed by atoms with E-state index in [0.29, 0.717) is 5.70 Å². The second-order valence-corrected chi connectivity index (χ2v) is 4.77. The Hall–Kier alpha value is -2.87. The van der Waals surface area contributed by atoms with Crippen LogP contribution in [0.15, 0.2) is 47.2 Å². The summed E-state index contributed by atoms with van der Waals surface area (Å²) in [7, 11) is 0. The summed E-state index contributed by atoms with van der Waals surface area (Å²) >= 11 is 0. The summed E-state index contributed by atoms with van der Waals surface area (Å²) in [5, 5.41) is 10.2. The fourth-order valence-electron chi connectivity index (χ4n) is 1.79. The summed E-state index contributed by atoms with van der Waals surface area (Å²) in [6, 6.07) is 4.53. The van der Waals surface area contributed by atoms with E-state index in [2.05, 4.69) is 15.0 Å². The third-order valence-corrected chi connectivity index (χ3v) is 2.78. The topological polar surface area (TPSA) is 110 Å². The molecule has 0 bridgehead atoms. The number of hydrogen-bond donors (Lipinski definition) is 3. The fraction of sp³-hybridized carbons (Fsp3) is 0.133. The highest BCUT2D eigenvalue weighted by Crippen LogP contribution is 2.22. The molecule has 0 spiro atoms. The van der Waals surface area contributed by atoms with E-state index in [-0.39, 0.29) is 23.0 Å². The van der Waals surface area contributed by atoms with Crippen molar-refractivity contribution in [2.24, 2.45) is 16.5 Å². The first-order chi connectivity index (χ1) is 10.9. The highest BCUT2D eigenvalue weighted by molar-refractivity contribution is 5.93. The summed E-state index contributed by atoms with van der Waals surface area (Å²) in [5.41, 5.74) is 11.7. The van der Waals surface area contributed by atoms with Gasteiger partial charge in [-0.1, -0.05) is 6.07 Å². The zero-order valence-electron chi connectivity index (χ0n) is 12.2. The summed E-state index contributed by atoms with van der Waals surface area (Å²) < 4.78 is 26.2. The average Bonchev–Trinajstić information content (AvgIpc) is 2.48. The number of aliphatic hydroxyl groups is 1. The van der Waals surface area contributed by atoms with Crippen molar-refractivity contribution in [1.29, 1.82) is 0 Å². The molecule has 2 aromatic rings. The van der Waals surface area contributed by atoms with Gasteiger partial charge >= 0.3 is 0 Å². The van der Waals surface area contributed by atoms with Crippen LogP contribution in [0.4, 0.5) is 14.6 Å². The van der Waals surface area contributed by atoms with Gasteiger partial charge in [-0.25, -0.2) is 23.7 Å². The van der Waals surface area contributed by atoms with E-state index in [1.807, 2.05) is 0 Å². The zero-order chi connectivity index (χ0) is 17.0. The first-order valence-corrected chi connectivity index (χ1v) is 6.60. The second-order valence-electron chi connectivity index (χ2n) is 4.77. The molecule has 0 amide bonds. The molecule has 1 aromatic carbocycles. The lowest BCUT2D eigenvalue weighted by Crippen LogP contribution is -2.11. The van der Waals surface area contributed by atoms with E-state index in [0.717, 1.165) is 12.1 Å². The molecule has 0 aliphatic heterocycles. The highest BCUT2D eigenvalue weighted by Gasteiger charge is 2.16. The largest absolute Gasteiger partial charge is 0.402 e. The number of rotatable bonds is 4. The smallest absolute Gasteiger partial charge is 0.163 e. The molecule has 0 saturated carbocycles. The molecular formula is C15H15F2N5O. The lowest BCUT2D eigenvalue weighted by molar-refractivity contribution is 0.209. The molecular weight excluding hydrogens is 304 g/mol. The maximum Gasteiger partial charge on any atom is 0.163 e. The number of nitrogens with two attached hydrogens (primary N) is 2. The Morgan fingerprint density at radius 2 is 2.00 bits per heavy atom. The third kappa shape index (κ3) is 4.30. The molecule has 120 valence electrons. The number of allylic oxidation sites excluding steroid dienone is 1. The lowest BCUT2D eigenvalue weighted by atomic mass is 10.1. The van der Waals surface area contributed by atoms with Crippen LogP contribution in [0, 0.1) is 11.6 Å². The van der Waals surface area contributed by atoms with Crippen LogP contribution in [0.25, 0.3) is 0 Å². The van der Waals surface area contributed by atoms with E-state index in [9.17, 15) is 13.9 Å². The third-order valence-electron chi connectivity index (χ3n) is 2.78. The van der Waals surface area contributed by atoms with Gasteiger partial charge in [-0.2, -0.15) is 0 Å². The first-order valence-electron chi connectivity index (χ1n) is 6.60. The monoisotopic (exact) mass is 319 g/mol. The van der Waals surface area contributed by atoms with Crippen molar-refractivity contribution in [3.05, 3.63) is 65.3 Å². The molecule has 1 aromatic heterocycles. The lowest BCUT2D eigenvalue weighted by Gasteiger charge is -2.10. The zero-order valence-corrected chi connectivity index (χ0v) is 12.2. The van der Waals surface area contributed by atoms with E-state index in [4.69, 9.17) is 11.5 Å². The number of aliphatic imine (C=N–C) groups is 1. The normalized spacial score (nSPS) is 13.9. The van der Waals surface area contributed by atoms with E-state index < -0.39 is 17.7 Å². The Labute approximate surface area is 131 Å². The van der Waals surface area contributed by atoms with E-state index in [1.54, 1.807) is 6.92 Å². The summed E-state index contributed by atoms with van der Waals surface area (Å²) in [6.07, 6.45) is 1.50. The molecule has 23 heavy (non-hydrogen) atoms. The van der Waals surface area contributed by atoms with Gasteiger partial charge in [-0.3, -0.25) is 0 Å². The second kappa shape index (κ2) is 6.93. The number of benzene rings is 1. The molecule has 0 saturated heterocycles. The Morgan fingerprint density at radius 1 is 1.26 bits per heavy atom. The Balaban J connectivity index is 2.32. The standard InChI is InChI=1S/C15H15F2N5O/c1-8(18)6-12(19)21-13-4-5-20-15(22-13)14(23)9-2-3-10(16)11(17)7-9/h2-7,14,23H,18H2,1H3,(H2,19,20,21,22)/b8-6-. The Bertz CT molecular complexity index is 772. The van der Waals surface area contributed by atoms with Crippen LogP contribution >= 0.6 is 0 Å². The van der Waals surface area contributed by atoms with Gasteiger partial charge in [0.2, 0.25) is 0 Å². The average molecular weight is 319 g/mol. The van der Waals surface area contributed by atoms with Crippen molar-refractivity contribution < 1.29 is 13.9 Å². The van der Waals surface area contributed by atoms with E-state index >= 15 is 0 Å². The highest BCUT2D eigenvalue weighted by atomic mass is 19.2. The van der Waals surface area contributed by atoms with Crippen LogP contribution in [0.2, 0.25) is 0 Å². The first kappa shape index (κ1) is 16.5. The molecule has 2 rings (SSSR count). The number of aliphatic hydroxyl groups excluding tert-OH is 1. The number of halogens is 2. The van der Waals surface area contributed by atoms with Crippen molar-refractivity contribution in [2.75, 3.05) is 0 Å². The predicted molar refractivity (Wildman–Crippen MR) is 81.7 cm³/mol. The molecule has 1 unspecified atom stereocenters. The molecule has 6 nitrogen and oxygen atoms in total. The quantitative estimate of drug-likeness (QED) is 0.586. The van der Waals surface area contributed by atoms with Gasteiger partial charge in [-0.05, 0) is 30.7 Å². The Morgan fingerprint density at radius 3 is 2.65 bits per heavy atom. The van der Waals surface area contributed by atoms with Gasteiger partial charge in [0.05, 0.1) is 0 Å². The van der Waals surface area contributed by atoms with Crippen molar-refractivity contribution in [3.63, 3.8) is 0 Å². The number of aromatic nitrogens is 2. The number of nitrogens with zero attached hydrogens (tertiary/aromatic N) is 3. The van der Waals surface area contributed by atoms with Crippen LogP contribution < -0.4 is 11.5 Å². The van der Waals surface area contributed by atoms with Crippen LogP contribution in [-0.4, -0.2) is 20.9 Å². The molecule has 0 aliphatic rings. The minimum atomic E-state index is -1.33. The molecule has 1 atom stereocenters. The molecule has 0 radical (unpaired) electrons. The van der Waals surface area contributed by atoms with Crippen LogP contribution in [0.1, 0.15) is 24.4 Å². The van der Waals surface area contributed by atoms with Crippen molar-refractivity contribution in [1.82, 2.24) is 9.97 Å². The minimum Gasteiger partial charge on any atom is -0.402 e. The van der Waals surface area contributed by atoms with Gasteiger partial charge in [0.1, 0.15) is 11.9 Å². The summed E-state index contributed by atoms with van der Waals surface area (Å²) in [5.74, 6) is -1.75. The van der Waals surface area contributed by atoms with Crippen molar-refractivity contribution in [3.8, 4) is 0 Å². The van der Waals surface area contributed by atoms with Crippen molar-refractivity contribution >= 4 is 11.7 Å². The minimum absolute atomic E-state index is 0.0153. The van der Waals surface area contributed by atoms with Gasteiger partial charge in [0.25, 0.3) is 0 Å². The van der Waals surface area contributed by atoms with E-state index in [1.165, 1.54) is 24.4 Å². The maximum atomic E-state index is 13.2. The molecule has 0 aliphatic carbocycles. The van der Waals surface area contributed by atoms with Crippen LogP contribution in [-0.2, 0) is 0 Å².